The van der Waals surface area contributed by atoms with Gasteiger partial charge in [0.25, 0.3) is 0 Å². The van der Waals surface area contributed by atoms with E-state index in [4.69, 9.17) is 28.3 Å². The van der Waals surface area contributed by atoms with Gasteiger partial charge in [0, 0.05) is 23.0 Å². The molecule has 0 saturated carbocycles. The topological polar surface area (TPSA) is 49.3 Å². The Bertz CT molecular complexity index is 394. The first-order valence-electron chi connectivity index (χ1n) is 5.37. The molecule has 0 aliphatic heterocycles. The number of benzene rings is 1. The molecule has 0 spiro atoms. The number of amides is 1. The highest BCUT2D eigenvalue weighted by atomic mass is 35.5. The van der Waals surface area contributed by atoms with Gasteiger partial charge in [0.15, 0.2) is 0 Å². The molecule has 17 heavy (non-hydrogen) atoms. The first kappa shape index (κ1) is 14.3. The Morgan fingerprint density at radius 3 is 2.76 bits per heavy atom. The largest absolute Gasteiger partial charge is 0.392 e. The summed E-state index contributed by atoms with van der Waals surface area (Å²) < 4.78 is 0. The third kappa shape index (κ3) is 5.39. The highest BCUT2D eigenvalue weighted by Crippen LogP contribution is 2.21. The number of carbonyl (C=O) groups excluding carboxylic acids is 1. The molecule has 0 fully saturated rings. The fourth-order valence-corrected chi connectivity index (χ4v) is 1.83. The number of nitrogens with one attached hydrogen (secondary N) is 1. The van der Waals surface area contributed by atoms with E-state index < -0.39 is 6.10 Å². The van der Waals surface area contributed by atoms with Gasteiger partial charge < -0.3 is 10.4 Å². The van der Waals surface area contributed by atoms with Crippen molar-refractivity contribution in [1.82, 2.24) is 5.32 Å². The molecule has 94 valence electrons. The van der Waals surface area contributed by atoms with E-state index in [0.717, 1.165) is 5.56 Å². The van der Waals surface area contributed by atoms with E-state index in [1.165, 1.54) is 0 Å². The van der Waals surface area contributed by atoms with Crippen LogP contribution >= 0.6 is 23.2 Å². The average Bonchev–Trinajstić information content (AvgIpc) is 2.25. The zero-order valence-corrected chi connectivity index (χ0v) is 11.1. The van der Waals surface area contributed by atoms with Crippen molar-refractivity contribution in [2.24, 2.45) is 0 Å². The summed E-state index contributed by atoms with van der Waals surface area (Å²) in [4.78, 5) is 11.4. The van der Waals surface area contributed by atoms with Gasteiger partial charge in [0.2, 0.25) is 5.91 Å². The van der Waals surface area contributed by atoms with Gasteiger partial charge in [-0.3, -0.25) is 4.79 Å². The van der Waals surface area contributed by atoms with Gasteiger partial charge in [-0.2, -0.15) is 0 Å². The van der Waals surface area contributed by atoms with E-state index in [2.05, 4.69) is 5.32 Å². The van der Waals surface area contributed by atoms with Crippen LogP contribution in [-0.4, -0.2) is 23.7 Å². The number of hydrogen-bond acceptors (Lipinski definition) is 2. The lowest BCUT2D eigenvalue weighted by Crippen LogP contribution is -2.30. The van der Waals surface area contributed by atoms with Crippen LogP contribution in [0.3, 0.4) is 0 Å². The number of aliphatic hydroxyl groups excluding tert-OH is 1. The summed E-state index contributed by atoms with van der Waals surface area (Å²) in [6, 6.07) is 5.22. The molecule has 3 nitrogen and oxygen atoms in total. The molecule has 0 unspecified atom stereocenters. The van der Waals surface area contributed by atoms with Crippen LogP contribution in [0.2, 0.25) is 10.0 Å². The number of halogens is 2. The van der Waals surface area contributed by atoms with Gasteiger partial charge >= 0.3 is 0 Å². The first-order valence-corrected chi connectivity index (χ1v) is 6.13. The molecule has 0 aromatic heterocycles. The second-order valence-corrected chi connectivity index (χ2v) is 4.73. The third-order valence-corrected chi connectivity index (χ3v) is 2.82. The van der Waals surface area contributed by atoms with E-state index in [9.17, 15) is 4.79 Å². The lowest BCUT2D eigenvalue weighted by Gasteiger charge is -2.08. The Balaban J connectivity index is 2.42. The van der Waals surface area contributed by atoms with Gasteiger partial charge in [-0.15, -0.1) is 0 Å². The number of aliphatic hydroxyl groups is 1. The van der Waals surface area contributed by atoms with Crippen molar-refractivity contribution >= 4 is 29.1 Å². The van der Waals surface area contributed by atoms with Gasteiger partial charge in [-0.05, 0) is 31.0 Å². The van der Waals surface area contributed by atoms with Gasteiger partial charge in [0.1, 0.15) is 0 Å². The number of aryl methyl sites for hydroxylation is 1. The Labute approximate surface area is 111 Å². The average molecular weight is 276 g/mol. The second kappa shape index (κ2) is 6.84. The molecule has 1 atom stereocenters. The van der Waals surface area contributed by atoms with Crippen LogP contribution in [0.1, 0.15) is 18.9 Å². The smallest absolute Gasteiger partial charge is 0.220 e. The van der Waals surface area contributed by atoms with Crippen molar-refractivity contribution < 1.29 is 9.90 Å². The lowest BCUT2D eigenvalue weighted by atomic mass is 10.1. The van der Waals surface area contributed by atoms with Crippen molar-refractivity contribution in [3.05, 3.63) is 33.8 Å². The molecule has 0 heterocycles. The van der Waals surface area contributed by atoms with Crippen LogP contribution in [0.4, 0.5) is 0 Å². The quantitative estimate of drug-likeness (QED) is 0.867. The number of carbonyl (C=O) groups is 1. The Kier molecular flexibility index (Phi) is 5.75. The molecule has 0 radical (unpaired) electrons. The van der Waals surface area contributed by atoms with E-state index in [1.807, 2.05) is 6.07 Å². The normalized spacial score (nSPS) is 12.2. The van der Waals surface area contributed by atoms with Crippen LogP contribution in [0.5, 0.6) is 0 Å². The molecule has 0 bridgehead atoms. The maximum Gasteiger partial charge on any atom is 0.220 e. The van der Waals surface area contributed by atoms with E-state index in [0.29, 0.717) is 22.9 Å². The highest BCUT2D eigenvalue weighted by Gasteiger charge is 2.06. The molecule has 1 aromatic rings. The Hall–Kier alpha value is -0.770. The minimum atomic E-state index is -0.530. The molecule has 0 saturated heterocycles. The molecule has 0 aliphatic carbocycles. The van der Waals surface area contributed by atoms with Crippen LogP contribution in [0.15, 0.2) is 18.2 Å². The van der Waals surface area contributed by atoms with Crippen molar-refractivity contribution in [3.63, 3.8) is 0 Å². The fourth-order valence-electron chi connectivity index (χ4n) is 1.32. The summed E-state index contributed by atoms with van der Waals surface area (Å²) in [6.07, 6.45) is 0.369. The molecular formula is C12H15Cl2NO2. The summed E-state index contributed by atoms with van der Waals surface area (Å²) in [5, 5.41) is 12.8. The van der Waals surface area contributed by atoms with Crippen LogP contribution in [-0.2, 0) is 11.2 Å². The van der Waals surface area contributed by atoms with Gasteiger partial charge in [-0.1, -0.05) is 29.3 Å². The van der Waals surface area contributed by atoms with Crippen LogP contribution in [0, 0.1) is 0 Å². The minimum absolute atomic E-state index is 0.100. The SMILES string of the molecule is C[C@@H](O)CNC(=O)CCc1ccc(Cl)cc1Cl. The van der Waals surface area contributed by atoms with Crippen molar-refractivity contribution in [2.45, 2.75) is 25.9 Å². The Morgan fingerprint density at radius 2 is 2.18 bits per heavy atom. The molecule has 1 amide bonds. The van der Waals surface area contributed by atoms with E-state index in [-0.39, 0.29) is 12.5 Å². The van der Waals surface area contributed by atoms with Crippen molar-refractivity contribution in [2.75, 3.05) is 6.54 Å². The zero-order valence-electron chi connectivity index (χ0n) is 9.54. The van der Waals surface area contributed by atoms with Gasteiger partial charge in [-0.25, -0.2) is 0 Å². The monoisotopic (exact) mass is 275 g/mol. The van der Waals surface area contributed by atoms with Crippen molar-refractivity contribution in [3.8, 4) is 0 Å². The van der Waals surface area contributed by atoms with Crippen LogP contribution in [0.25, 0.3) is 0 Å². The fraction of sp³-hybridized carbons (Fsp3) is 0.417. The summed E-state index contributed by atoms with van der Waals surface area (Å²) in [5.41, 5.74) is 0.892. The predicted molar refractivity (Wildman–Crippen MR) is 69.5 cm³/mol. The standard InChI is InChI=1S/C12H15Cl2NO2/c1-8(16)7-15-12(17)5-3-9-2-4-10(13)6-11(9)14/h2,4,6,8,16H,3,5,7H2,1H3,(H,15,17)/t8-/m1/s1. The lowest BCUT2D eigenvalue weighted by molar-refractivity contribution is -0.121. The zero-order chi connectivity index (χ0) is 12.8. The number of rotatable bonds is 5. The first-order chi connectivity index (χ1) is 7.99. The van der Waals surface area contributed by atoms with E-state index in [1.54, 1.807) is 19.1 Å². The molecule has 1 rings (SSSR count). The van der Waals surface area contributed by atoms with Crippen LogP contribution < -0.4 is 5.32 Å². The second-order valence-electron chi connectivity index (χ2n) is 3.89. The number of hydrogen-bond donors (Lipinski definition) is 2. The molecule has 2 N–H and O–H groups in total. The molecule has 0 aliphatic rings. The molecule has 5 heteroatoms. The maximum absolute atomic E-state index is 11.4. The van der Waals surface area contributed by atoms with Gasteiger partial charge in [0.05, 0.1) is 6.10 Å². The summed E-state index contributed by atoms with van der Waals surface area (Å²) in [5.74, 6) is -0.100. The highest BCUT2D eigenvalue weighted by molar-refractivity contribution is 6.35. The Morgan fingerprint density at radius 1 is 1.47 bits per heavy atom. The minimum Gasteiger partial charge on any atom is -0.392 e. The third-order valence-electron chi connectivity index (χ3n) is 2.23. The molecule has 1 aromatic carbocycles. The molecular weight excluding hydrogens is 261 g/mol. The maximum atomic E-state index is 11.4. The summed E-state index contributed by atoms with van der Waals surface area (Å²) in [7, 11) is 0. The predicted octanol–water partition coefficient (Wildman–Crippen LogP) is 2.42. The summed E-state index contributed by atoms with van der Waals surface area (Å²) >= 11 is 11.8. The van der Waals surface area contributed by atoms with E-state index >= 15 is 0 Å². The van der Waals surface area contributed by atoms with Crippen molar-refractivity contribution in [1.29, 1.82) is 0 Å². The summed E-state index contributed by atoms with van der Waals surface area (Å²) in [6.45, 7) is 1.89.